The second-order valence-corrected chi connectivity index (χ2v) is 8.38. The zero-order valence-electron chi connectivity index (χ0n) is 11.9. The van der Waals surface area contributed by atoms with Crippen molar-refractivity contribution in [1.29, 1.82) is 0 Å². The lowest BCUT2D eigenvalue weighted by atomic mass is 9.95. The Morgan fingerprint density at radius 1 is 1.23 bits per heavy atom. The molecule has 6 nitrogen and oxygen atoms in total. The Morgan fingerprint density at radius 3 is 2.41 bits per heavy atom. The number of amides is 1. The number of nitrogens with zero attached hydrogens (tertiary/aromatic N) is 4. The second kappa shape index (κ2) is 6.00. The Bertz CT molecular complexity index is 704. The van der Waals surface area contributed by atoms with Gasteiger partial charge >= 0.3 is 0 Å². The summed E-state index contributed by atoms with van der Waals surface area (Å²) in [5, 5.41) is 2.87. The summed E-state index contributed by atoms with van der Waals surface area (Å²) in [6.45, 7) is 5.26. The standard InChI is InChI=1S/C12H13Cl4N5O/c1-11(2,3)10(22)20-9(12(14,15)16)21-5-19-6-7(13)17-4-18-8(6)21/h4-5,9H,1-3H3,(H,20,22)/t9-/m1/s1. The number of aromatic nitrogens is 4. The fourth-order valence-electron chi connectivity index (χ4n) is 1.66. The van der Waals surface area contributed by atoms with Gasteiger partial charge in [-0.3, -0.25) is 9.36 Å². The van der Waals surface area contributed by atoms with Crippen LogP contribution in [0.5, 0.6) is 0 Å². The molecule has 0 aliphatic rings. The lowest BCUT2D eigenvalue weighted by Gasteiger charge is -2.29. The van der Waals surface area contributed by atoms with Crippen molar-refractivity contribution in [2.24, 2.45) is 5.41 Å². The van der Waals surface area contributed by atoms with Gasteiger partial charge in [0.05, 0.1) is 6.33 Å². The normalized spacial score (nSPS) is 14.1. The zero-order valence-corrected chi connectivity index (χ0v) is 15.0. The molecule has 2 aromatic heterocycles. The highest BCUT2D eigenvalue weighted by Gasteiger charge is 2.38. The summed E-state index contributed by atoms with van der Waals surface area (Å²) in [7, 11) is 0. The van der Waals surface area contributed by atoms with Crippen molar-refractivity contribution in [1.82, 2.24) is 24.8 Å². The van der Waals surface area contributed by atoms with E-state index in [0.29, 0.717) is 11.2 Å². The van der Waals surface area contributed by atoms with Crippen LogP contribution in [0.25, 0.3) is 11.2 Å². The van der Waals surface area contributed by atoms with E-state index in [1.807, 2.05) is 0 Å². The van der Waals surface area contributed by atoms with Crippen molar-refractivity contribution >= 4 is 63.5 Å². The Kier molecular flexibility index (Phi) is 4.78. The van der Waals surface area contributed by atoms with Crippen molar-refractivity contribution in [3.05, 3.63) is 17.8 Å². The van der Waals surface area contributed by atoms with E-state index in [-0.39, 0.29) is 11.1 Å². The fourth-order valence-corrected chi connectivity index (χ4v) is 2.32. The smallest absolute Gasteiger partial charge is 0.229 e. The number of hydrogen-bond donors (Lipinski definition) is 1. The number of hydrogen-bond acceptors (Lipinski definition) is 4. The molecule has 0 saturated carbocycles. The average Bonchev–Trinajstić information content (AvgIpc) is 2.78. The number of halogens is 4. The molecule has 120 valence electrons. The SMILES string of the molecule is CC(C)(C)C(=O)N[C@H](n1cnc2c(Cl)ncnc21)C(Cl)(Cl)Cl. The molecule has 0 aliphatic heterocycles. The Labute approximate surface area is 147 Å². The highest BCUT2D eigenvalue weighted by molar-refractivity contribution is 6.68. The minimum absolute atomic E-state index is 0.175. The Hall–Kier alpha value is -0.820. The molecule has 2 rings (SSSR count). The molecule has 0 bridgehead atoms. The van der Waals surface area contributed by atoms with E-state index in [1.54, 1.807) is 20.8 Å². The molecule has 0 spiro atoms. The van der Waals surface area contributed by atoms with E-state index in [4.69, 9.17) is 46.4 Å². The van der Waals surface area contributed by atoms with E-state index in [2.05, 4.69) is 20.3 Å². The van der Waals surface area contributed by atoms with Crippen molar-refractivity contribution in [3.63, 3.8) is 0 Å². The van der Waals surface area contributed by atoms with Crippen LogP contribution in [0.15, 0.2) is 12.7 Å². The summed E-state index contributed by atoms with van der Waals surface area (Å²) < 4.78 is -0.370. The molecule has 10 heteroatoms. The molecule has 0 aliphatic carbocycles. The summed E-state index contributed by atoms with van der Waals surface area (Å²) in [4.78, 5) is 24.3. The highest BCUT2D eigenvalue weighted by Crippen LogP contribution is 2.38. The number of carbonyl (C=O) groups is 1. The van der Waals surface area contributed by atoms with Crippen LogP contribution in [0.2, 0.25) is 5.15 Å². The lowest BCUT2D eigenvalue weighted by molar-refractivity contribution is -0.129. The van der Waals surface area contributed by atoms with Gasteiger partial charge < -0.3 is 5.32 Å². The molecule has 0 fully saturated rings. The van der Waals surface area contributed by atoms with Gasteiger partial charge in [0.25, 0.3) is 0 Å². The van der Waals surface area contributed by atoms with Crippen LogP contribution in [0.3, 0.4) is 0 Å². The predicted molar refractivity (Wildman–Crippen MR) is 87.3 cm³/mol. The minimum atomic E-state index is -1.81. The summed E-state index contributed by atoms with van der Waals surface area (Å²) in [6.07, 6.45) is 1.66. The molecule has 1 N–H and O–H groups in total. The van der Waals surface area contributed by atoms with E-state index in [0.717, 1.165) is 0 Å². The summed E-state index contributed by atoms with van der Waals surface area (Å²) >= 11 is 24.0. The van der Waals surface area contributed by atoms with Gasteiger partial charge in [-0.2, -0.15) is 0 Å². The van der Waals surface area contributed by atoms with E-state index in [9.17, 15) is 4.79 Å². The van der Waals surface area contributed by atoms with Crippen LogP contribution in [0.4, 0.5) is 0 Å². The largest absolute Gasteiger partial charge is 0.331 e. The Balaban J connectivity index is 2.50. The average molecular weight is 385 g/mol. The number of imidazole rings is 1. The van der Waals surface area contributed by atoms with Crippen LogP contribution in [0, 0.1) is 5.41 Å². The highest BCUT2D eigenvalue weighted by atomic mass is 35.6. The van der Waals surface area contributed by atoms with Crippen LogP contribution >= 0.6 is 46.4 Å². The van der Waals surface area contributed by atoms with Crippen molar-refractivity contribution in [2.75, 3.05) is 0 Å². The van der Waals surface area contributed by atoms with E-state index < -0.39 is 15.4 Å². The van der Waals surface area contributed by atoms with Gasteiger partial charge in [-0.1, -0.05) is 67.2 Å². The van der Waals surface area contributed by atoms with Crippen LogP contribution in [-0.4, -0.2) is 29.2 Å². The van der Waals surface area contributed by atoms with Gasteiger partial charge in [0.2, 0.25) is 9.70 Å². The summed E-state index contributed by atoms with van der Waals surface area (Å²) in [6, 6.07) is 0. The molecule has 0 radical (unpaired) electrons. The number of rotatable bonds is 2. The first-order chi connectivity index (χ1) is 10.0. The lowest BCUT2D eigenvalue weighted by Crippen LogP contribution is -2.44. The van der Waals surface area contributed by atoms with E-state index in [1.165, 1.54) is 17.2 Å². The van der Waals surface area contributed by atoms with Gasteiger partial charge in [-0.05, 0) is 0 Å². The van der Waals surface area contributed by atoms with Crippen LogP contribution in [-0.2, 0) is 4.79 Å². The third-order valence-corrected chi connectivity index (χ3v) is 3.75. The van der Waals surface area contributed by atoms with Gasteiger partial charge in [-0.15, -0.1) is 0 Å². The fraction of sp³-hybridized carbons (Fsp3) is 0.500. The Morgan fingerprint density at radius 2 is 1.86 bits per heavy atom. The maximum absolute atomic E-state index is 12.2. The molecular formula is C12H13Cl4N5O. The first kappa shape index (κ1) is 17.5. The quantitative estimate of drug-likeness (QED) is 0.635. The van der Waals surface area contributed by atoms with Crippen LogP contribution < -0.4 is 5.32 Å². The van der Waals surface area contributed by atoms with E-state index >= 15 is 0 Å². The topological polar surface area (TPSA) is 72.7 Å². The molecule has 1 atom stereocenters. The third-order valence-electron chi connectivity index (χ3n) is 2.85. The number of nitrogens with one attached hydrogen (secondary N) is 1. The molecule has 22 heavy (non-hydrogen) atoms. The van der Waals surface area contributed by atoms with Crippen molar-refractivity contribution in [3.8, 4) is 0 Å². The number of fused-ring (bicyclic) bond motifs is 1. The number of carbonyl (C=O) groups excluding carboxylic acids is 1. The molecule has 2 aromatic rings. The van der Waals surface area contributed by atoms with Crippen molar-refractivity contribution < 1.29 is 4.79 Å². The maximum Gasteiger partial charge on any atom is 0.229 e. The predicted octanol–water partition coefficient (Wildman–Crippen LogP) is 3.51. The van der Waals surface area contributed by atoms with Crippen LogP contribution in [0.1, 0.15) is 26.9 Å². The molecule has 1 amide bonds. The molecular weight excluding hydrogens is 372 g/mol. The summed E-state index contributed by atoms with van der Waals surface area (Å²) in [5.41, 5.74) is 0.0518. The molecule has 0 saturated heterocycles. The molecule has 0 unspecified atom stereocenters. The molecule has 0 aromatic carbocycles. The van der Waals surface area contributed by atoms with Crippen molar-refractivity contribution in [2.45, 2.75) is 30.7 Å². The summed E-state index contributed by atoms with van der Waals surface area (Å²) in [5.74, 6) is -0.286. The monoisotopic (exact) mass is 383 g/mol. The molecule has 2 heterocycles. The second-order valence-electron chi connectivity index (χ2n) is 5.66. The first-order valence-corrected chi connectivity index (χ1v) is 7.73. The van der Waals surface area contributed by atoms with Gasteiger partial charge in [-0.25, -0.2) is 15.0 Å². The van der Waals surface area contributed by atoms with Gasteiger partial charge in [0.1, 0.15) is 11.8 Å². The van der Waals surface area contributed by atoms with Gasteiger partial charge in [0, 0.05) is 5.41 Å². The third kappa shape index (κ3) is 3.56. The number of alkyl halides is 3. The minimum Gasteiger partial charge on any atom is -0.331 e. The zero-order chi connectivity index (χ0) is 16.7. The maximum atomic E-state index is 12.2. The first-order valence-electron chi connectivity index (χ1n) is 6.22. The van der Waals surface area contributed by atoms with Gasteiger partial charge in [0.15, 0.2) is 17.0 Å².